The second kappa shape index (κ2) is 13.4. The third kappa shape index (κ3) is 4.65. The molecule has 4 saturated heterocycles. The van der Waals surface area contributed by atoms with Gasteiger partial charge < -0.3 is 48.4 Å². The van der Waals surface area contributed by atoms with Crippen molar-refractivity contribution in [3.05, 3.63) is 118 Å². The van der Waals surface area contributed by atoms with Crippen molar-refractivity contribution in [1.82, 2.24) is 9.80 Å². The van der Waals surface area contributed by atoms with Gasteiger partial charge in [-0.3, -0.25) is 0 Å². The zero-order valence-electron chi connectivity index (χ0n) is 40.1. The first-order chi connectivity index (χ1) is 32.9. The molecule has 0 aromatic heterocycles. The zero-order valence-corrected chi connectivity index (χ0v) is 40.1. The molecule has 6 aliphatic heterocycles. The first-order valence-corrected chi connectivity index (χ1v) is 26.0. The molecular formula is C58H66N2O8. The Morgan fingerprint density at radius 1 is 0.529 bits per heavy atom. The summed E-state index contributed by atoms with van der Waals surface area (Å²) in [5, 5.41) is 21.9. The fourth-order valence-electron chi connectivity index (χ4n) is 19.7. The highest BCUT2D eigenvalue weighted by Gasteiger charge is 2.84. The van der Waals surface area contributed by atoms with Crippen LogP contribution in [-0.4, -0.2) is 107 Å². The number of benzene rings is 4. The van der Waals surface area contributed by atoms with Crippen molar-refractivity contribution in [2.45, 2.75) is 148 Å². The summed E-state index contributed by atoms with van der Waals surface area (Å²) in [4.78, 5) is 5.24. The minimum absolute atomic E-state index is 0.0648. The van der Waals surface area contributed by atoms with Gasteiger partial charge in [0.05, 0.1) is 11.2 Å². The van der Waals surface area contributed by atoms with E-state index in [9.17, 15) is 10.2 Å². The van der Waals surface area contributed by atoms with E-state index in [1.165, 1.54) is 33.4 Å². The summed E-state index contributed by atoms with van der Waals surface area (Å²) in [6, 6.07) is 30.5. The van der Waals surface area contributed by atoms with Crippen LogP contribution >= 0.6 is 0 Å². The number of nitrogens with zero attached hydrogens (tertiary/aromatic N) is 2. The lowest BCUT2D eigenvalue weighted by Crippen LogP contribution is -2.83. The van der Waals surface area contributed by atoms with Gasteiger partial charge in [0.2, 0.25) is 0 Å². The van der Waals surface area contributed by atoms with E-state index in [-0.39, 0.29) is 68.1 Å². The molecule has 6 saturated carbocycles. The van der Waals surface area contributed by atoms with Crippen molar-refractivity contribution in [2.24, 2.45) is 22.7 Å². The Bertz CT molecular complexity index is 2590. The summed E-state index contributed by atoms with van der Waals surface area (Å²) in [6.45, 7) is 7.37. The van der Waals surface area contributed by atoms with Gasteiger partial charge in [-0.05, 0) is 140 Å². The molecule has 8 aliphatic carbocycles. The van der Waals surface area contributed by atoms with E-state index in [4.69, 9.17) is 28.4 Å². The lowest BCUT2D eigenvalue weighted by Gasteiger charge is -2.76. The molecular weight excluding hydrogens is 853 g/mol. The predicted octanol–water partition coefficient (Wildman–Crippen LogP) is 8.39. The number of hydrogen-bond acceptors (Lipinski definition) is 10. The summed E-state index contributed by atoms with van der Waals surface area (Å²) in [5.74, 6) is 2.57. The fourth-order valence-corrected chi connectivity index (χ4v) is 19.7. The summed E-state index contributed by atoms with van der Waals surface area (Å²) in [6.07, 6.45) is 12.4. The van der Waals surface area contributed by atoms with E-state index < -0.39 is 0 Å². The molecule has 4 aromatic carbocycles. The Balaban J connectivity index is 0.000000124. The first kappa shape index (κ1) is 41.6. The van der Waals surface area contributed by atoms with E-state index in [2.05, 4.69) is 111 Å². The molecule has 6 spiro atoms. The van der Waals surface area contributed by atoms with E-state index in [0.29, 0.717) is 37.2 Å². The van der Waals surface area contributed by atoms with E-state index in [1.54, 1.807) is 0 Å². The fraction of sp³-hybridized carbons (Fsp3) is 0.586. The van der Waals surface area contributed by atoms with E-state index >= 15 is 0 Å². The predicted molar refractivity (Wildman–Crippen MR) is 254 cm³/mol. The van der Waals surface area contributed by atoms with E-state index in [1.807, 2.05) is 12.1 Å². The van der Waals surface area contributed by atoms with E-state index in [0.717, 1.165) is 102 Å². The number of rotatable bonds is 4. The minimum Gasteiger partial charge on any atom is -0.504 e. The summed E-state index contributed by atoms with van der Waals surface area (Å²) < 4.78 is 40.5. The highest BCUT2D eigenvalue weighted by Crippen LogP contribution is 2.80. The number of hydrogen-bond donors (Lipinski definition) is 2. The van der Waals surface area contributed by atoms with Crippen LogP contribution in [0.25, 0.3) is 0 Å². The Hall–Kier alpha value is -4.16. The average molecular weight is 919 g/mol. The maximum Gasteiger partial charge on any atom is 0.165 e. The van der Waals surface area contributed by atoms with Gasteiger partial charge in [-0.1, -0.05) is 72.8 Å². The number of aromatic hydroxyl groups is 2. The molecule has 68 heavy (non-hydrogen) atoms. The number of phenolic OH excluding ortho intramolecular Hbond substituents is 2. The lowest BCUT2D eigenvalue weighted by molar-refractivity contribution is -0.374. The Kier molecular flexibility index (Phi) is 8.21. The van der Waals surface area contributed by atoms with Crippen LogP contribution in [0.2, 0.25) is 0 Å². The molecule has 0 amide bonds. The molecule has 10 fully saturated rings. The number of fused-ring (bicyclic) bond motifs is 2. The summed E-state index contributed by atoms with van der Waals surface area (Å²) in [7, 11) is 4.63. The second-order valence-corrected chi connectivity index (χ2v) is 24.2. The highest BCUT2D eigenvalue weighted by atomic mass is 16.7. The Morgan fingerprint density at radius 3 is 1.38 bits per heavy atom. The monoisotopic (exact) mass is 918 g/mol. The average Bonchev–Trinajstić information content (AvgIpc) is 3.91. The molecule has 14 aliphatic rings. The van der Waals surface area contributed by atoms with Gasteiger partial charge in [-0.15, -0.1) is 0 Å². The number of phenols is 2. The quantitative estimate of drug-likeness (QED) is 0.208. The highest BCUT2D eigenvalue weighted by molar-refractivity contribution is 5.65. The molecule has 6 heterocycles. The third-order valence-corrected chi connectivity index (χ3v) is 22.2. The third-order valence-electron chi connectivity index (χ3n) is 22.2. The standard InChI is InChI=1S/2C29H33NO4/c2*1-26(15-18-6-4-3-5-7-18)21-16-27-10-11-29(21,33-17-32-26)25-28(27)12-13-30(2)22(27)14-19-8-9-20(31)24(34-25)23(19)28/h2*3-9,21-22,25,31H,10-17H2,1-2H3/t21-,22-,25-,26+,27-,28+,29-;21-,22-,25-,26-,27-,28+,29-/m11/s1. The SMILES string of the molecule is CN1CC[C@]23c4c5ccc(O)c4O[C@H]2[C@@]24CC[C@@]3(C[C@@H]2[C@@](C)(Cc2ccccc2)OCO4)[C@H]1C5.CN1CC[C@]23c4c5ccc(O)c4O[C@H]2[C@@]24CC[C@@]3(C[C@@H]2[C@](C)(Cc2ccccc2)OCO4)[C@H]1C5. The van der Waals surface area contributed by atoms with Gasteiger partial charge in [-0.2, -0.15) is 0 Å². The topological polar surface area (TPSA) is 102 Å². The van der Waals surface area contributed by atoms with Crippen LogP contribution in [-0.2, 0) is 55.5 Å². The molecule has 10 nitrogen and oxygen atoms in total. The van der Waals surface area contributed by atoms with Crippen molar-refractivity contribution in [2.75, 3.05) is 40.8 Å². The molecule has 8 bridgehead atoms. The van der Waals surface area contributed by atoms with Gasteiger partial charge >= 0.3 is 0 Å². The van der Waals surface area contributed by atoms with Crippen LogP contribution in [0.1, 0.15) is 98.6 Å². The molecule has 0 radical (unpaired) electrons. The Labute approximate surface area is 400 Å². The molecule has 18 rings (SSSR count). The largest absolute Gasteiger partial charge is 0.504 e. The van der Waals surface area contributed by atoms with Crippen molar-refractivity contribution in [3.63, 3.8) is 0 Å². The van der Waals surface area contributed by atoms with Gasteiger partial charge in [-0.25, -0.2) is 0 Å². The lowest BCUT2D eigenvalue weighted by atomic mass is 9.33. The molecule has 2 N–H and O–H groups in total. The first-order valence-electron chi connectivity index (χ1n) is 26.0. The van der Waals surface area contributed by atoms with Gasteiger partial charge in [0.25, 0.3) is 0 Å². The second-order valence-electron chi connectivity index (χ2n) is 24.2. The van der Waals surface area contributed by atoms with Crippen LogP contribution in [0.5, 0.6) is 23.0 Å². The summed E-state index contributed by atoms with van der Waals surface area (Å²) >= 11 is 0. The van der Waals surface area contributed by atoms with Crippen molar-refractivity contribution >= 4 is 0 Å². The summed E-state index contributed by atoms with van der Waals surface area (Å²) in [5.41, 5.74) is 6.68. The van der Waals surface area contributed by atoms with Crippen molar-refractivity contribution < 1.29 is 38.6 Å². The molecule has 0 unspecified atom stereocenters. The number of ether oxygens (including phenoxy) is 6. The van der Waals surface area contributed by atoms with Gasteiger partial charge in [0.15, 0.2) is 23.0 Å². The Morgan fingerprint density at radius 2 is 0.956 bits per heavy atom. The van der Waals surface area contributed by atoms with Crippen molar-refractivity contribution in [3.8, 4) is 23.0 Å². The van der Waals surface area contributed by atoms with Crippen molar-refractivity contribution in [1.29, 1.82) is 0 Å². The molecule has 4 aromatic rings. The maximum absolute atomic E-state index is 10.9. The van der Waals surface area contributed by atoms with Crippen LogP contribution in [0, 0.1) is 22.7 Å². The number of piperidine rings is 2. The van der Waals surface area contributed by atoms with Crippen LogP contribution in [0.4, 0.5) is 0 Å². The minimum atomic E-state index is -0.385. The van der Waals surface area contributed by atoms with Crippen LogP contribution in [0.15, 0.2) is 84.9 Å². The van der Waals surface area contributed by atoms with Crippen LogP contribution in [0.3, 0.4) is 0 Å². The smallest absolute Gasteiger partial charge is 0.165 e. The zero-order chi connectivity index (χ0) is 45.8. The molecule has 10 heteroatoms. The number of likely N-dealkylation sites (tertiary alicyclic amines) is 2. The number of likely N-dealkylation sites (N-methyl/N-ethyl adjacent to an activating group) is 2. The van der Waals surface area contributed by atoms with Gasteiger partial charge in [0, 0.05) is 69.5 Å². The maximum atomic E-state index is 10.9. The van der Waals surface area contributed by atoms with Crippen LogP contribution < -0.4 is 9.47 Å². The normalized spacial score (nSPS) is 45.4. The van der Waals surface area contributed by atoms with Gasteiger partial charge in [0.1, 0.15) is 37.0 Å². The molecule has 14 atom stereocenters. The molecule has 356 valence electrons.